The van der Waals surface area contributed by atoms with Crippen molar-refractivity contribution in [1.29, 1.82) is 0 Å². The molecule has 0 unspecified atom stereocenters. The number of rotatable bonds is 11. The number of alkyl halides is 1. The molecule has 0 aliphatic heterocycles. The molecule has 0 spiro atoms. The second-order valence-electron chi connectivity index (χ2n) is 4.05. The van der Waals surface area contributed by atoms with E-state index >= 15 is 0 Å². The Bertz CT molecular complexity index is 380. The molecule has 0 rings (SSSR count). The molecule has 0 saturated heterocycles. The molecule has 6 heteroatoms. The number of ether oxygens (including phenoxy) is 3. The van der Waals surface area contributed by atoms with Crippen LogP contribution in [0.2, 0.25) is 0 Å². The van der Waals surface area contributed by atoms with Crippen LogP contribution in [0.15, 0.2) is 0 Å². The predicted octanol–water partition coefficient (Wildman–Crippen LogP) is 0.186. The van der Waals surface area contributed by atoms with E-state index < -0.39 is 5.54 Å². The van der Waals surface area contributed by atoms with Crippen molar-refractivity contribution >= 4 is 21.8 Å². The van der Waals surface area contributed by atoms with Gasteiger partial charge in [0.15, 0.2) is 0 Å². The Labute approximate surface area is 134 Å². The van der Waals surface area contributed by atoms with Crippen LogP contribution < -0.4 is 5.32 Å². The highest BCUT2D eigenvalue weighted by Gasteiger charge is 2.33. The molecule has 0 saturated carbocycles. The van der Waals surface area contributed by atoms with Crippen LogP contribution in [-0.2, 0) is 19.0 Å². The largest absolute Gasteiger partial charge is 0.366 e. The third-order valence-corrected chi connectivity index (χ3v) is 2.73. The zero-order valence-electron chi connectivity index (χ0n) is 11.7. The Morgan fingerprint density at radius 2 is 1.33 bits per heavy atom. The van der Waals surface area contributed by atoms with E-state index in [1.165, 1.54) is 0 Å². The second-order valence-corrected chi connectivity index (χ2v) is 4.61. The molecular weight excluding hydrogens is 338 g/mol. The summed E-state index contributed by atoms with van der Waals surface area (Å²) in [5.74, 6) is 6.81. The van der Waals surface area contributed by atoms with Crippen molar-refractivity contribution in [1.82, 2.24) is 5.32 Å². The van der Waals surface area contributed by atoms with Gasteiger partial charge < -0.3 is 19.5 Å². The van der Waals surface area contributed by atoms with Gasteiger partial charge >= 0.3 is 0 Å². The van der Waals surface area contributed by atoms with Crippen LogP contribution in [0.25, 0.3) is 0 Å². The lowest BCUT2D eigenvalue weighted by Gasteiger charge is -2.33. The summed E-state index contributed by atoms with van der Waals surface area (Å²) in [7, 11) is 0. The predicted molar refractivity (Wildman–Crippen MR) is 83.6 cm³/mol. The van der Waals surface area contributed by atoms with E-state index in [0.717, 1.165) is 0 Å². The molecule has 0 aromatic heterocycles. The van der Waals surface area contributed by atoms with Crippen LogP contribution in [0.5, 0.6) is 0 Å². The number of carbonyl (C=O) groups excluding carboxylic acids is 1. The molecule has 1 N–H and O–H groups in total. The first-order valence-corrected chi connectivity index (χ1v) is 7.17. The summed E-state index contributed by atoms with van der Waals surface area (Å²) in [6.07, 6.45) is 15.4. The summed E-state index contributed by atoms with van der Waals surface area (Å²) in [4.78, 5) is 11.7. The Morgan fingerprint density at radius 3 is 1.62 bits per heavy atom. The number of terminal acetylenes is 3. The van der Waals surface area contributed by atoms with Gasteiger partial charge in [0.05, 0.1) is 25.2 Å². The van der Waals surface area contributed by atoms with Gasteiger partial charge in [0.25, 0.3) is 0 Å². The SMILES string of the molecule is C#CCOCC(COCC#C)(COCC#C)NC(=O)CBr. The Kier molecular flexibility index (Phi) is 11.4. The molecule has 1 amide bonds. The molecule has 0 radical (unpaired) electrons. The smallest absolute Gasteiger partial charge is 0.231 e. The van der Waals surface area contributed by atoms with Crippen LogP contribution in [0.4, 0.5) is 0 Å². The van der Waals surface area contributed by atoms with Crippen LogP contribution in [0, 0.1) is 37.0 Å². The minimum Gasteiger partial charge on any atom is -0.366 e. The van der Waals surface area contributed by atoms with Crippen molar-refractivity contribution in [3.63, 3.8) is 0 Å². The second kappa shape index (κ2) is 12.3. The molecule has 0 aliphatic carbocycles. The number of halogens is 1. The van der Waals surface area contributed by atoms with E-state index in [1.807, 2.05) is 0 Å². The van der Waals surface area contributed by atoms with Gasteiger partial charge in [0, 0.05) is 0 Å². The molecule has 0 heterocycles. The number of hydrogen-bond donors (Lipinski definition) is 1. The van der Waals surface area contributed by atoms with Crippen molar-refractivity contribution in [2.24, 2.45) is 0 Å². The standard InChI is InChI=1S/C15H18BrNO4/c1-4-7-19-11-15(12-20-8-5-2,13-21-9-6-3)17-14(18)10-16/h1-3H,7-13H2,(H,17,18). The maximum atomic E-state index is 11.7. The number of carbonyl (C=O) groups is 1. The van der Waals surface area contributed by atoms with Gasteiger partial charge in [-0.2, -0.15) is 0 Å². The minimum atomic E-state index is -0.907. The van der Waals surface area contributed by atoms with Crippen molar-refractivity contribution in [2.75, 3.05) is 45.0 Å². The van der Waals surface area contributed by atoms with Gasteiger partial charge in [0.2, 0.25) is 5.91 Å². The quantitative estimate of drug-likeness (QED) is 0.326. The van der Waals surface area contributed by atoms with E-state index in [-0.39, 0.29) is 50.9 Å². The molecule has 0 atom stereocenters. The molecule has 0 fully saturated rings. The summed E-state index contributed by atoms with van der Waals surface area (Å²) in [5, 5.41) is 2.92. The first-order chi connectivity index (χ1) is 10.1. The monoisotopic (exact) mass is 355 g/mol. The highest BCUT2D eigenvalue weighted by atomic mass is 79.9. The van der Waals surface area contributed by atoms with E-state index in [1.54, 1.807) is 0 Å². The van der Waals surface area contributed by atoms with Crippen molar-refractivity contribution in [3.05, 3.63) is 0 Å². The third-order valence-electron chi connectivity index (χ3n) is 2.22. The fraction of sp³-hybridized carbons (Fsp3) is 0.533. The molecule has 5 nitrogen and oxygen atoms in total. The Balaban J connectivity index is 4.87. The van der Waals surface area contributed by atoms with Crippen LogP contribution in [0.3, 0.4) is 0 Å². The first-order valence-electron chi connectivity index (χ1n) is 6.04. The maximum absolute atomic E-state index is 11.7. The number of nitrogens with one attached hydrogen (secondary N) is 1. The molecule has 0 aliphatic rings. The lowest BCUT2D eigenvalue weighted by atomic mass is 10.0. The first kappa shape index (κ1) is 19.5. The van der Waals surface area contributed by atoms with Gasteiger partial charge in [-0.3, -0.25) is 4.79 Å². The normalized spacial score (nSPS) is 10.2. The fourth-order valence-electron chi connectivity index (χ4n) is 1.48. The van der Waals surface area contributed by atoms with Crippen LogP contribution in [0.1, 0.15) is 0 Å². The Hall–Kier alpha value is -1.49. The maximum Gasteiger partial charge on any atom is 0.231 e. The zero-order chi connectivity index (χ0) is 16.0. The van der Waals surface area contributed by atoms with Crippen molar-refractivity contribution in [3.8, 4) is 37.0 Å². The van der Waals surface area contributed by atoms with Gasteiger partial charge in [-0.25, -0.2) is 0 Å². The van der Waals surface area contributed by atoms with E-state index in [0.29, 0.717) is 0 Å². The molecule has 0 aromatic rings. The van der Waals surface area contributed by atoms with Crippen molar-refractivity contribution in [2.45, 2.75) is 5.54 Å². The summed E-state index contributed by atoms with van der Waals surface area (Å²) >= 11 is 3.08. The summed E-state index contributed by atoms with van der Waals surface area (Å²) in [6, 6.07) is 0. The van der Waals surface area contributed by atoms with Crippen LogP contribution >= 0.6 is 15.9 Å². The van der Waals surface area contributed by atoms with Gasteiger partial charge in [0.1, 0.15) is 25.4 Å². The minimum absolute atomic E-state index is 0.107. The van der Waals surface area contributed by atoms with Crippen molar-refractivity contribution < 1.29 is 19.0 Å². The van der Waals surface area contributed by atoms with Gasteiger partial charge in [-0.05, 0) is 0 Å². The third kappa shape index (κ3) is 9.13. The zero-order valence-corrected chi connectivity index (χ0v) is 13.3. The van der Waals surface area contributed by atoms with E-state index in [2.05, 4.69) is 39.0 Å². The molecule has 21 heavy (non-hydrogen) atoms. The average molecular weight is 356 g/mol. The molecule has 114 valence electrons. The number of hydrogen-bond acceptors (Lipinski definition) is 4. The fourth-order valence-corrected chi connectivity index (χ4v) is 1.62. The number of amides is 1. The van der Waals surface area contributed by atoms with Gasteiger partial charge in [-0.1, -0.05) is 33.7 Å². The van der Waals surface area contributed by atoms with Crippen LogP contribution in [-0.4, -0.2) is 56.4 Å². The molecule has 0 aromatic carbocycles. The van der Waals surface area contributed by atoms with E-state index in [9.17, 15) is 4.79 Å². The topological polar surface area (TPSA) is 56.8 Å². The summed E-state index contributed by atoms with van der Waals surface area (Å²) < 4.78 is 16.0. The van der Waals surface area contributed by atoms with E-state index in [4.69, 9.17) is 33.5 Å². The highest BCUT2D eigenvalue weighted by molar-refractivity contribution is 9.09. The Morgan fingerprint density at radius 1 is 0.952 bits per heavy atom. The average Bonchev–Trinajstić information content (AvgIpc) is 2.48. The van der Waals surface area contributed by atoms with Gasteiger partial charge in [-0.15, -0.1) is 19.3 Å². The summed E-state index contributed by atoms with van der Waals surface area (Å²) in [5.41, 5.74) is -0.907. The highest BCUT2D eigenvalue weighted by Crippen LogP contribution is 2.09. The summed E-state index contributed by atoms with van der Waals surface area (Å²) in [6.45, 7) is 0.671. The molecule has 0 bridgehead atoms. The molecular formula is C15H18BrNO4. The lowest BCUT2D eigenvalue weighted by Crippen LogP contribution is -2.59. The lowest BCUT2D eigenvalue weighted by molar-refractivity contribution is -0.124.